The number of hydrogen-bond acceptors (Lipinski definition) is 7. The summed E-state index contributed by atoms with van der Waals surface area (Å²) in [4.78, 5) is 23.4. The first-order valence-electron chi connectivity index (χ1n) is 13.5. The lowest BCUT2D eigenvalue weighted by Crippen LogP contribution is -2.49. The second-order valence-electron chi connectivity index (χ2n) is 9.88. The summed E-state index contributed by atoms with van der Waals surface area (Å²) < 4.78 is 11.7. The molecule has 0 unspecified atom stereocenters. The Morgan fingerprint density at radius 1 is 1.03 bits per heavy atom. The molecule has 0 atom stereocenters. The van der Waals surface area contributed by atoms with E-state index in [1.807, 2.05) is 17.9 Å². The third kappa shape index (κ3) is 7.12. The number of benzene rings is 1. The number of aromatic amines is 1. The Kier molecular flexibility index (Phi) is 9.44. The van der Waals surface area contributed by atoms with Gasteiger partial charge < -0.3 is 24.2 Å². The predicted octanol–water partition coefficient (Wildman–Crippen LogP) is 3.44. The standard InChI is InChI=1S/C21H29N5O3.C6H13N/c1-15-22-20(24-23-15)14-21(27)26-11-9-25(10-12-26)16-7-8-18(28-2)19(13-16)29-17-5-3-4-6-17;1-2-7-5-3-4-6-7/h7-8,13,17H,3-6,9-12,14H2,1-2H3,(H,22,23,24);2-6H2,1H3. The fourth-order valence-electron chi connectivity index (χ4n) is 5.17. The molecule has 5 rings (SSSR count). The number of nitrogens with one attached hydrogen (secondary N) is 1. The van der Waals surface area contributed by atoms with Gasteiger partial charge in [-0.05, 0) is 77.2 Å². The molecule has 3 aliphatic rings. The Morgan fingerprint density at radius 3 is 2.33 bits per heavy atom. The molecule has 0 bridgehead atoms. The number of H-pyrrole nitrogens is 1. The van der Waals surface area contributed by atoms with Gasteiger partial charge >= 0.3 is 0 Å². The molecule has 9 heteroatoms. The van der Waals surface area contributed by atoms with Gasteiger partial charge in [-0.2, -0.15) is 5.10 Å². The van der Waals surface area contributed by atoms with Crippen LogP contribution in [0.15, 0.2) is 18.2 Å². The lowest BCUT2D eigenvalue weighted by atomic mass is 10.2. The van der Waals surface area contributed by atoms with Gasteiger partial charge in [0.05, 0.1) is 19.6 Å². The fourth-order valence-corrected chi connectivity index (χ4v) is 5.17. The Bertz CT molecular complexity index is 960. The van der Waals surface area contributed by atoms with Crippen LogP contribution >= 0.6 is 0 Å². The molecule has 1 N–H and O–H groups in total. The van der Waals surface area contributed by atoms with E-state index < -0.39 is 0 Å². The minimum absolute atomic E-state index is 0.0728. The molecule has 1 aromatic heterocycles. The highest BCUT2D eigenvalue weighted by molar-refractivity contribution is 5.78. The summed E-state index contributed by atoms with van der Waals surface area (Å²) in [6, 6.07) is 6.11. The van der Waals surface area contributed by atoms with Crippen LogP contribution in [0.5, 0.6) is 11.5 Å². The van der Waals surface area contributed by atoms with Gasteiger partial charge in [-0.3, -0.25) is 9.89 Å². The number of nitrogens with zero attached hydrogens (tertiary/aromatic N) is 5. The molecule has 1 amide bonds. The van der Waals surface area contributed by atoms with Crippen molar-refractivity contribution in [3.05, 3.63) is 29.8 Å². The van der Waals surface area contributed by atoms with E-state index in [0.717, 1.165) is 48.9 Å². The molecule has 198 valence electrons. The lowest BCUT2D eigenvalue weighted by molar-refractivity contribution is -0.130. The van der Waals surface area contributed by atoms with Crippen LogP contribution in [-0.4, -0.2) is 89.9 Å². The molecular weight excluding hydrogens is 456 g/mol. The molecule has 0 radical (unpaired) electrons. The van der Waals surface area contributed by atoms with Gasteiger partial charge in [0, 0.05) is 37.9 Å². The van der Waals surface area contributed by atoms with Crippen molar-refractivity contribution in [2.75, 3.05) is 57.8 Å². The largest absolute Gasteiger partial charge is 0.493 e. The molecule has 2 aromatic rings. The fraction of sp³-hybridized carbons (Fsp3) is 0.667. The van der Waals surface area contributed by atoms with Crippen LogP contribution in [0.25, 0.3) is 0 Å². The highest BCUT2D eigenvalue weighted by Gasteiger charge is 2.24. The van der Waals surface area contributed by atoms with E-state index in [2.05, 4.69) is 44.0 Å². The minimum atomic E-state index is 0.0728. The zero-order valence-corrected chi connectivity index (χ0v) is 22.2. The van der Waals surface area contributed by atoms with Crippen molar-refractivity contribution in [2.24, 2.45) is 0 Å². The smallest absolute Gasteiger partial charge is 0.230 e. The number of hydrogen-bond donors (Lipinski definition) is 1. The van der Waals surface area contributed by atoms with Crippen LogP contribution in [0, 0.1) is 6.92 Å². The van der Waals surface area contributed by atoms with Crippen LogP contribution in [0.3, 0.4) is 0 Å². The highest BCUT2D eigenvalue weighted by Crippen LogP contribution is 2.35. The maximum absolute atomic E-state index is 12.5. The summed E-state index contributed by atoms with van der Waals surface area (Å²) in [6.07, 6.45) is 8.06. The summed E-state index contributed by atoms with van der Waals surface area (Å²) in [6.45, 7) is 10.9. The van der Waals surface area contributed by atoms with Crippen LogP contribution in [-0.2, 0) is 11.2 Å². The zero-order valence-electron chi connectivity index (χ0n) is 22.2. The monoisotopic (exact) mass is 498 g/mol. The Labute approximate surface area is 215 Å². The van der Waals surface area contributed by atoms with E-state index in [1.165, 1.54) is 45.3 Å². The summed E-state index contributed by atoms with van der Waals surface area (Å²) in [7, 11) is 1.68. The van der Waals surface area contributed by atoms with Crippen LogP contribution < -0.4 is 14.4 Å². The van der Waals surface area contributed by atoms with Gasteiger partial charge in [0.25, 0.3) is 0 Å². The van der Waals surface area contributed by atoms with Crippen molar-refractivity contribution in [3.8, 4) is 11.5 Å². The number of aryl methyl sites for hydroxylation is 1. The highest BCUT2D eigenvalue weighted by atomic mass is 16.5. The Balaban J connectivity index is 0.000000375. The quantitative estimate of drug-likeness (QED) is 0.626. The number of ether oxygens (including phenoxy) is 2. The van der Waals surface area contributed by atoms with Crippen LogP contribution in [0.1, 0.15) is 57.1 Å². The van der Waals surface area contributed by atoms with Gasteiger partial charge in [-0.15, -0.1) is 0 Å². The molecule has 1 aromatic carbocycles. The first-order chi connectivity index (χ1) is 17.6. The van der Waals surface area contributed by atoms with E-state index in [-0.39, 0.29) is 18.4 Å². The summed E-state index contributed by atoms with van der Waals surface area (Å²) in [5, 5.41) is 6.84. The van der Waals surface area contributed by atoms with Gasteiger partial charge in [0.2, 0.25) is 5.91 Å². The van der Waals surface area contributed by atoms with E-state index in [4.69, 9.17) is 9.47 Å². The molecule has 2 aliphatic heterocycles. The first-order valence-corrected chi connectivity index (χ1v) is 13.5. The number of rotatable bonds is 7. The molecule has 1 saturated carbocycles. The predicted molar refractivity (Wildman–Crippen MR) is 141 cm³/mol. The number of piperazine rings is 1. The number of carbonyl (C=O) groups is 1. The molecule has 3 fully saturated rings. The molecule has 1 aliphatic carbocycles. The number of methoxy groups -OCH3 is 1. The van der Waals surface area contributed by atoms with Gasteiger partial charge in [-0.1, -0.05) is 6.92 Å². The van der Waals surface area contributed by atoms with Crippen molar-refractivity contribution in [2.45, 2.75) is 64.9 Å². The number of amides is 1. The average molecular weight is 499 g/mol. The Morgan fingerprint density at radius 2 is 1.75 bits per heavy atom. The van der Waals surface area contributed by atoms with Crippen molar-refractivity contribution in [1.82, 2.24) is 25.0 Å². The van der Waals surface area contributed by atoms with Crippen molar-refractivity contribution in [1.29, 1.82) is 0 Å². The maximum Gasteiger partial charge on any atom is 0.230 e. The molecule has 36 heavy (non-hydrogen) atoms. The van der Waals surface area contributed by atoms with Crippen molar-refractivity contribution >= 4 is 11.6 Å². The minimum Gasteiger partial charge on any atom is -0.493 e. The number of aromatic nitrogens is 3. The third-order valence-electron chi connectivity index (χ3n) is 7.34. The van der Waals surface area contributed by atoms with E-state index in [9.17, 15) is 4.79 Å². The maximum atomic E-state index is 12.5. The van der Waals surface area contributed by atoms with Gasteiger partial charge in [0.1, 0.15) is 5.82 Å². The Hall–Kier alpha value is -2.81. The van der Waals surface area contributed by atoms with Crippen molar-refractivity contribution in [3.63, 3.8) is 0 Å². The first kappa shape index (κ1) is 26.3. The average Bonchev–Trinajstić information content (AvgIpc) is 3.68. The zero-order chi connectivity index (χ0) is 25.3. The summed E-state index contributed by atoms with van der Waals surface area (Å²) in [5.74, 6) is 2.95. The van der Waals surface area contributed by atoms with E-state index in [1.54, 1.807) is 7.11 Å². The lowest BCUT2D eigenvalue weighted by Gasteiger charge is -2.36. The number of anilines is 1. The third-order valence-corrected chi connectivity index (χ3v) is 7.34. The van der Waals surface area contributed by atoms with E-state index in [0.29, 0.717) is 18.9 Å². The second-order valence-corrected chi connectivity index (χ2v) is 9.88. The normalized spacial score (nSPS) is 18.8. The van der Waals surface area contributed by atoms with E-state index >= 15 is 0 Å². The molecule has 9 nitrogen and oxygen atoms in total. The van der Waals surface area contributed by atoms with Gasteiger partial charge in [-0.25, -0.2) is 4.98 Å². The molecule has 0 spiro atoms. The summed E-state index contributed by atoms with van der Waals surface area (Å²) in [5.41, 5.74) is 1.11. The summed E-state index contributed by atoms with van der Waals surface area (Å²) >= 11 is 0. The topological polar surface area (TPSA) is 86.8 Å². The molecular formula is C27H42N6O3. The van der Waals surface area contributed by atoms with Crippen LogP contribution in [0.4, 0.5) is 5.69 Å². The number of carbonyl (C=O) groups excluding carboxylic acids is 1. The van der Waals surface area contributed by atoms with Gasteiger partial charge in [0.15, 0.2) is 17.3 Å². The number of likely N-dealkylation sites (tertiary alicyclic amines) is 1. The van der Waals surface area contributed by atoms with Crippen LogP contribution in [0.2, 0.25) is 0 Å². The molecule has 3 heterocycles. The molecule has 2 saturated heterocycles. The SMILES string of the molecule is CCN1CCCC1.COc1ccc(N2CCN(C(=O)Cc3n[nH]c(C)n3)CC2)cc1OC1CCCC1. The second kappa shape index (κ2) is 12.9. The van der Waals surface area contributed by atoms with Crippen molar-refractivity contribution < 1.29 is 14.3 Å².